The van der Waals surface area contributed by atoms with E-state index >= 15 is 0 Å². The van der Waals surface area contributed by atoms with Crippen LogP contribution in [-0.4, -0.2) is 122 Å². The number of carbonyl (C=O) groups excluding carboxylic acids is 6. The summed E-state index contributed by atoms with van der Waals surface area (Å²) < 4.78 is 60.9. The Balaban J connectivity index is 1.25. The number of fused-ring (bicyclic) bond motifs is 7. The Morgan fingerprint density at radius 3 is 1.83 bits per heavy atom. The average Bonchev–Trinajstić information content (AvgIpc) is 3.24. The van der Waals surface area contributed by atoms with Gasteiger partial charge in [0.25, 0.3) is 0 Å². The molecule has 2 saturated heterocycles. The van der Waals surface area contributed by atoms with E-state index in [0.29, 0.717) is 25.7 Å². The summed E-state index contributed by atoms with van der Waals surface area (Å²) in [4.78, 5) is 89.0. The molecule has 18 atom stereocenters. The molecule has 0 unspecified atom stereocenters. The summed E-state index contributed by atoms with van der Waals surface area (Å²) in [5.74, 6) is -4.81. The minimum atomic E-state index is -1.59. The average molecular weight is 1000 g/mol. The summed E-state index contributed by atoms with van der Waals surface area (Å²) in [5.41, 5.74) is -0.959. The first-order chi connectivity index (χ1) is 33.0. The lowest BCUT2D eigenvalue weighted by atomic mass is 9.33. The van der Waals surface area contributed by atoms with Gasteiger partial charge in [0.1, 0.15) is 0 Å². The molecule has 0 aromatic carbocycles. The highest BCUT2D eigenvalue weighted by atomic mass is 16.8. The molecule has 2 aliphatic heterocycles. The molecule has 0 bridgehead atoms. The molecule has 2 heterocycles. The Labute approximate surface area is 417 Å². The zero-order chi connectivity index (χ0) is 52.4. The third-order valence-corrected chi connectivity index (χ3v) is 18.6. The van der Waals surface area contributed by atoms with Crippen LogP contribution in [0.1, 0.15) is 154 Å². The van der Waals surface area contributed by atoms with E-state index in [4.69, 9.17) is 47.4 Å². The van der Waals surface area contributed by atoms with Crippen LogP contribution in [-0.2, 0) is 80.9 Å². The number of allylic oxidation sites excluding steroid dienone is 2. The van der Waals surface area contributed by atoms with Gasteiger partial charge in [-0.15, -0.1) is 0 Å². The quantitative estimate of drug-likeness (QED) is 0.0902. The maximum absolute atomic E-state index is 13.3. The summed E-state index contributed by atoms with van der Waals surface area (Å²) in [5, 5.41) is 10.9. The molecule has 7 rings (SSSR count). The molecule has 0 aromatic heterocycles. The fraction of sp³-hybridized carbons (Fsp3) is 0.830. The lowest BCUT2D eigenvalue weighted by molar-refractivity contribution is -0.366. The first-order valence-electron chi connectivity index (χ1n) is 25.5. The van der Waals surface area contributed by atoms with E-state index in [1.54, 1.807) is 6.92 Å². The smallest absolute Gasteiger partial charge is 0.310 e. The van der Waals surface area contributed by atoms with Crippen LogP contribution >= 0.6 is 0 Å². The molecule has 1 N–H and O–H groups in total. The molecule has 0 aromatic rings. The van der Waals surface area contributed by atoms with Gasteiger partial charge in [0.05, 0.1) is 30.8 Å². The highest BCUT2D eigenvalue weighted by Crippen LogP contribution is 2.76. The number of rotatable bonds is 12. The maximum Gasteiger partial charge on any atom is 0.310 e. The first-order valence-corrected chi connectivity index (χ1v) is 25.5. The van der Waals surface area contributed by atoms with Crippen LogP contribution in [0.2, 0.25) is 0 Å². The summed E-state index contributed by atoms with van der Waals surface area (Å²) >= 11 is 0. The number of ether oxygens (including phenoxy) is 10. The second-order valence-corrected chi connectivity index (χ2v) is 23.6. The van der Waals surface area contributed by atoms with Gasteiger partial charge in [0, 0.05) is 47.0 Å². The van der Waals surface area contributed by atoms with Crippen LogP contribution < -0.4 is 0 Å². The number of esters is 6. The van der Waals surface area contributed by atoms with Crippen molar-refractivity contribution in [3.63, 3.8) is 0 Å². The van der Waals surface area contributed by atoms with Gasteiger partial charge in [-0.2, -0.15) is 0 Å². The van der Waals surface area contributed by atoms with Crippen molar-refractivity contribution in [1.82, 2.24) is 0 Å². The van der Waals surface area contributed by atoms with E-state index in [9.17, 15) is 38.7 Å². The van der Waals surface area contributed by atoms with Gasteiger partial charge in [-0.05, 0) is 111 Å². The summed E-state index contributed by atoms with van der Waals surface area (Å²) in [6, 6.07) is 0. The molecule has 18 heteroatoms. The SMILES string of the molecule is CC(=O)OC[C@@]1(C)[C@@H]2CC[C@]3(C)[C@H](CC=C4[C@@H]5CC(C)(C)CC[C@]5(C(=O)O)CC[C@]43C)[C@@]2(C)CC[C@@H]1O[C@@H]1OC[C@H](OC(C)=O)[C@H](OC(C)=O)[C@H]1O[C@@H]1O[C@H](C)[C@H](OC(C)=O)[C@@H](OC(C)=O)[C@H]1OC(C)=O. The number of hydrogen-bond acceptors (Lipinski definition) is 17. The van der Waals surface area contributed by atoms with Gasteiger partial charge in [0.15, 0.2) is 49.2 Å². The van der Waals surface area contributed by atoms with E-state index in [1.807, 2.05) is 0 Å². The molecule has 4 saturated carbocycles. The monoisotopic (exact) mass is 1000 g/mol. The van der Waals surface area contributed by atoms with Gasteiger partial charge in [-0.1, -0.05) is 53.2 Å². The van der Waals surface area contributed by atoms with E-state index in [0.717, 1.165) is 52.4 Å². The fourth-order valence-corrected chi connectivity index (χ4v) is 15.1. The summed E-state index contributed by atoms with van der Waals surface area (Å²) in [6.07, 6.45) is -3.09. The van der Waals surface area contributed by atoms with Gasteiger partial charge in [-0.3, -0.25) is 33.6 Å². The van der Waals surface area contributed by atoms with Gasteiger partial charge in [0.2, 0.25) is 0 Å². The van der Waals surface area contributed by atoms with Crippen LogP contribution in [0, 0.1) is 50.2 Å². The largest absolute Gasteiger partial charge is 0.481 e. The topological polar surface area (TPSA) is 232 Å². The van der Waals surface area contributed by atoms with Crippen LogP contribution in [0.25, 0.3) is 0 Å². The third-order valence-electron chi connectivity index (χ3n) is 18.6. The number of carboxylic acids is 1. The predicted molar refractivity (Wildman–Crippen MR) is 249 cm³/mol. The summed E-state index contributed by atoms with van der Waals surface area (Å²) in [7, 11) is 0. The van der Waals surface area contributed by atoms with Crippen molar-refractivity contribution in [3.05, 3.63) is 11.6 Å². The molecule has 0 radical (unpaired) electrons. The highest BCUT2D eigenvalue weighted by Gasteiger charge is 2.70. The normalized spacial score (nSPS) is 43.5. The molecule has 0 spiro atoms. The van der Waals surface area contributed by atoms with Crippen molar-refractivity contribution in [2.45, 2.75) is 216 Å². The third kappa shape index (κ3) is 10.0. The van der Waals surface area contributed by atoms with Crippen LogP contribution in [0.15, 0.2) is 11.6 Å². The molecule has 5 aliphatic carbocycles. The second-order valence-electron chi connectivity index (χ2n) is 23.6. The number of carboxylic acid groups (broad SMARTS) is 1. The number of carbonyl (C=O) groups is 7. The van der Waals surface area contributed by atoms with E-state index < -0.39 is 114 Å². The van der Waals surface area contributed by atoms with Crippen molar-refractivity contribution >= 4 is 41.8 Å². The Hall–Kier alpha value is -4.13. The molecule has 71 heavy (non-hydrogen) atoms. The van der Waals surface area contributed by atoms with Crippen molar-refractivity contribution in [2.75, 3.05) is 13.2 Å². The Morgan fingerprint density at radius 1 is 0.634 bits per heavy atom. The second kappa shape index (κ2) is 20.0. The maximum atomic E-state index is 13.3. The molecular formula is C53H78O18. The zero-order valence-corrected chi connectivity index (χ0v) is 44.0. The predicted octanol–water partition coefficient (Wildman–Crippen LogP) is 6.95. The lowest BCUT2D eigenvalue weighted by Crippen LogP contribution is -2.67. The molecule has 7 aliphatic rings. The van der Waals surface area contributed by atoms with Crippen LogP contribution in [0.5, 0.6) is 0 Å². The standard InChI is InChI=1S/C53H78O18/c1-27-40(66-30(4)56)42(68-32(6)58)44(69-33(7)59)46(64-27)71-43-41(67-31(5)57)36(65-29(3)55)25-62-45(43)70-39-17-18-49(10)37(50(39,11)26-63-28(2)54)16-19-52(13)38(49)15-14-34-35-24-48(8,9)20-22-53(35,47(60)61)23-21-51(34,52)12/h14,27,35-46H,15-26H2,1-13H3,(H,60,61)/t27-,35+,36+,37-,38-,39+,40+,41+,42-,43-,44-,45+,46+,49+,50+,51-,52-,53+/m1/s1. The van der Waals surface area contributed by atoms with Gasteiger partial charge < -0.3 is 52.5 Å². The van der Waals surface area contributed by atoms with E-state index in [-0.39, 0.29) is 52.6 Å². The van der Waals surface area contributed by atoms with E-state index in [2.05, 4.69) is 47.6 Å². The van der Waals surface area contributed by atoms with E-state index in [1.165, 1.54) is 33.3 Å². The van der Waals surface area contributed by atoms with Crippen molar-refractivity contribution in [2.24, 2.45) is 50.2 Å². The molecular weight excluding hydrogens is 925 g/mol. The molecule has 6 fully saturated rings. The highest BCUT2D eigenvalue weighted by molar-refractivity contribution is 5.77. The molecule has 398 valence electrons. The van der Waals surface area contributed by atoms with Gasteiger partial charge >= 0.3 is 41.8 Å². The zero-order valence-electron chi connectivity index (χ0n) is 44.0. The number of hydrogen-bond donors (Lipinski definition) is 1. The lowest BCUT2D eigenvalue weighted by Gasteiger charge is -2.71. The molecule has 0 amide bonds. The van der Waals surface area contributed by atoms with Crippen LogP contribution in [0.3, 0.4) is 0 Å². The molecule has 18 nitrogen and oxygen atoms in total. The van der Waals surface area contributed by atoms with Crippen molar-refractivity contribution < 1.29 is 86.0 Å². The minimum absolute atomic E-state index is 0.00834. The number of aliphatic carboxylic acids is 1. The Bertz CT molecular complexity index is 2140. The fourth-order valence-electron chi connectivity index (χ4n) is 15.1. The first kappa shape index (κ1) is 54.6. The van der Waals surface area contributed by atoms with Crippen LogP contribution in [0.4, 0.5) is 0 Å². The Kier molecular flexibility index (Phi) is 15.4. The van der Waals surface area contributed by atoms with Crippen molar-refractivity contribution in [1.29, 1.82) is 0 Å². The minimum Gasteiger partial charge on any atom is -0.481 e. The van der Waals surface area contributed by atoms with Crippen molar-refractivity contribution in [3.8, 4) is 0 Å². The Morgan fingerprint density at radius 2 is 1.23 bits per heavy atom. The van der Waals surface area contributed by atoms with Gasteiger partial charge in [-0.25, -0.2) is 0 Å². The summed E-state index contributed by atoms with van der Waals surface area (Å²) in [6.45, 7) is 22.2.